The van der Waals surface area contributed by atoms with Crippen LogP contribution in [0.15, 0.2) is 48.5 Å². The number of para-hydroxylation sites is 1. The van der Waals surface area contributed by atoms with Crippen LogP contribution in [0.2, 0.25) is 0 Å². The van der Waals surface area contributed by atoms with Crippen LogP contribution in [0.5, 0.6) is 5.75 Å². The third-order valence-corrected chi connectivity index (χ3v) is 2.81. The predicted molar refractivity (Wildman–Crippen MR) is 73.5 cm³/mol. The molecule has 90 valence electrons. The zero-order valence-electron chi connectivity index (χ0n) is 10.1. The van der Waals surface area contributed by atoms with E-state index in [9.17, 15) is 0 Å². The van der Waals surface area contributed by atoms with Gasteiger partial charge >= 0.3 is 0 Å². The van der Waals surface area contributed by atoms with Gasteiger partial charge in [-0.05, 0) is 37.3 Å². The van der Waals surface area contributed by atoms with Gasteiger partial charge in [0, 0.05) is 10.8 Å². The average Bonchev–Trinajstić information content (AvgIpc) is 2.35. The number of nitrogens with two attached hydrogens (primary N) is 1. The minimum Gasteiger partial charge on any atom is -0.476 e. The molecule has 0 saturated heterocycles. The third-order valence-electron chi connectivity index (χ3n) is 2.81. The first-order chi connectivity index (χ1) is 8.72. The number of rotatable bonds is 2. The Balaban J connectivity index is 2.18. The van der Waals surface area contributed by atoms with Crippen molar-refractivity contribution in [2.45, 2.75) is 13.2 Å². The maximum Gasteiger partial charge on any atom is 0.144 e. The summed E-state index contributed by atoms with van der Waals surface area (Å²) in [6, 6.07) is 16.0. The Bertz CT molecular complexity index is 707. The van der Waals surface area contributed by atoms with Crippen LogP contribution in [0, 0.1) is 0 Å². The lowest BCUT2D eigenvalue weighted by atomic mass is 10.1. The first-order valence-electron chi connectivity index (χ1n) is 5.94. The number of ether oxygens (including phenoxy) is 1. The zero-order valence-corrected chi connectivity index (χ0v) is 10.1. The monoisotopic (exact) mass is 238 g/mol. The Kier molecular flexibility index (Phi) is 2.61. The predicted octanol–water partition coefficient (Wildman–Crippen LogP) is 3.07. The Morgan fingerprint density at radius 2 is 1.78 bits per heavy atom. The van der Waals surface area contributed by atoms with E-state index in [4.69, 9.17) is 10.5 Å². The van der Waals surface area contributed by atoms with E-state index in [1.165, 1.54) is 0 Å². The molecular weight excluding hydrogens is 224 g/mol. The van der Waals surface area contributed by atoms with Gasteiger partial charge in [0.15, 0.2) is 0 Å². The molecule has 0 saturated carbocycles. The molecule has 0 radical (unpaired) electrons. The summed E-state index contributed by atoms with van der Waals surface area (Å²) in [6.07, 6.45) is -0.309. The van der Waals surface area contributed by atoms with E-state index in [0.717, 1.165) is 27.6 Å². The van der Waals surface area contributed by atoms with Crippen LogP contribution in [0.3, 0.4) is 0 Å². The Labute approximate surface area is 105 Å². The molecule has 0 fully saturated rings. The van der Waals surface area contributed by atoms with Crippen molar-refractivity contribution in [3.63, 3.8) is 0 Å². The summed E-state index contributed by atoms with van der Waals surface area (Å²) in [7, 11) is 0. The molecule has 0 bridgehead atoms. The number of fused-ring (bicyclic) bond motifs is 2. The number of benzene rings is 2. The second kappa shape index (κ2) is 4.27. The Morgan fingerprint density at radius 1 is 1.00 bits per heavy atom. The maximum absolute atomic E-state index is 5.62. The topological polar surface area (TPSA) is 48.1 Å². The summed E-state index contributed by atoms with van der Waals surface area (Å²) in [5.41, 5.74) is 7.59. The molecule has 18 heavy (non-hydrogen) atoms. The highest BCUT2D eigenvalue weighted by atomic mass is 16.5. The van der Waals surface area contributed by atoms with Crippen LogP contribution < -0.4 is 10.5 Å². The molecule has 1 atom stereocenters. The van der Waals surface area contributed by atoms with Gasteiger partial charge in [0.05, 0.1) is 11.0 Å². The molecule has 2 N–H and O–H groups in total. The van der Waals surface area contributed by atoms with Gasteiger partial charge in [-0.3, -0.25) is 5.73 Å². The van der Waals surface area contributed by atoms with E-state index in [0.29, 0.717) is 0 Å². The molecule has 0 aliphatic carbocycles. The molecule has 1 heterocycles. The maximum atomic E-state index is 5.62. The molecular formula is C15H14N2O. The second-order valence-corrected chi connectivity index (χ2v) is 4.36. The van der Waals surface area contributed by atoms with Crippen molar-refractivity contribution in [3.8, 4) is 5.75 Å². The largest absolute Gasteiger partial charge is 0.476 e. The minimum absolute atomic E-state index is 0.309. The van der Waals surface area contributed by atoms with Crippen molar-refractivity contribution in [1.29, 1.82) is 0 Å². The molecule has 1 unspecified atom stereocenters. The lowest BCUT2D eigenvalue weighted by Crippen LogP contribution is -2.22. The second-order valence-electron chi connectivity index (χ2n) is 4.36. The molecule has 3 heteroatoms. The van der Waals surface area contributed by atoms with Crippen molar-refractivity contribution in [3.05, 3.63) is 48.5 Å². The standard InChI is InChI=1S/C15H14N2O/c1-10(16)18-13-6-7-15-12(9-13)8-11-4-2-3-5-14(11)17-15/h2-10H,16H2,1H3. The number of aromatic nitrogens is 1. The van der Waals surface area contributed by atoms with E-state index in [2.05, 4.69) is 17.1 Å². The van der Waals surface area contributed by atoms with Gasteiger partial charge in [0.2, 0.25) is 0 Å². The number of hydrogen-bond donors (Lipinski definition) is 1. The van der Waals surface area contributed by atoms with Gasteiger partial charge in [-0.1, -0.05) is 18.2 Å². The molecule has 3 nitrogen and oxygen atoms in total. The van der Waals surface area contributed by atoms with Crippen molar-refractivity contribution in [2.24, 2.45) is 5.73 Å². The zero-order chi connectivity index (χ0) is 12.5. The molecule has 0 aliphatic heterocycles. The Hall–Kier alpha value is -2.13. The molecule has 2 aromatic carbocycles. The third kappa shape index (κ3) is 2.00. The van der Waals surface area contributed by atoms with Gasteiger partial charge in [-0.2, -0.15) is 0 Å². The van der Waals surface area contributed by atoms with Crippen molar-refractivity contribution < 1.29 is 4.74 Å². The van der Waals surface area contributed by atoms with Crippen LogP contribution in [-0.2, 0) is 0 Å². The molecule has 3 aromatic rings. The summed E-state index contributed by atoms with van der Waals surface area (Å²) in [5, 5.41) is 2.19. The molecule has 0 aliphatic rings. The lowest BCUT2D eigenvalue weighted by Gasteiger charge is -2.10. The van der Waals surface area contributed by atoms with E-state index < -0.39 is 0 Å². The van der Waals surface area contributed by atoms with Gasteiger partial charge in [0.1, 0.15) is 12.0 Å². The number of hydrogen-bond acceptors (Lipinski definition) is 3. The summed E-state index contributed by atoms with van der Waals surface area (Å²) in [6.45, 7) is 1.81. The summed E-state index contributed by atoms with van der Waals surface area (Å²) < 4.78 is 5.48. The van der Waals surface area contributed by atoms with Gasteiger partial charge in [-0.15, -0.1) is 0 Å². The fraction of sp³-hybridized carbons (Fsp3) is 0.133. The minimum atomic E-state index is -0.309. The first kappa shape index (κ1) is 11.0. The highest BCUT2D eigenvalue weighted by Crippen LogP contribution is 2.23. The summed E-state index contributed by atoms with van der Waals surface area (Å²) in [5.74, 6) is 0.773. The van der Waals surface area contributed by atoms with Crippen LogP contribution in [0.1, 0.15) is 6.92 Å². The number of nitrogens with zero attached hydrogens (tertiary/aromatic N) is 1. The van der Waals surface area contributed by atoms with Gasteiger partial charge in [-0.25, -0.2) is 4.98 Å². The average molecular weight is 238 g/mol. The van der Waals surface area contributed by atoms with E-state index in [1.807, 2.05) is 43.3 Å². The van der Waals surface area contributed by atoms with Crippen LogP contribution in [0.25, 0.3) is 21.8 Å². The lowest BCUT2D eigenvalue weighted by molar-refractivity contribution is 0.230. The summed E-state index contributed by atoms with van der Waals surface area (Å²) in [4.78, 5) is 4.61. The quantitative estimate of drug-likeness (QED) is 0.551. The van der Waals surface area contributed by atoms with E-state index in [1.54, 1.807) is 0 Å². The fourth-order valence-electron chi connectivity index (χ4n) is 2.05. The molecule has 1 aromatic heterocycles. The van der Waals surface area contributed by atoms with Crippen LogP contribution in [0.4, 0.5) is 0 Å². The summed E-state index contributed by atoms with van der Waals surface area (Å²) >= 11 is 0. The number of pyridine rings is 1. The fourth-order valence-corrected chi connectivity index (χ4v) is 2.05. The normalized spacial score (nSPS) is 12.8. The van der Waals surface area contributed by atoms with E-state index in [-0.39, 0.29) is 6.23 Å². The smallest absolute Gasteiger partial charge is 0.144 e. The van der Waals surface area contributed by atoms with Crippen LogP contribution in [-0.4, -0.2) is 11.2 Å². The SMILES string of the molecule is CC(N)Oc1ccc2nc3ccccc3cc2c1. The van der Waals surface area contributed by atoms with Crippen molar-refractivity contribution >= 4 is 21.8 Å². The first-order valence-corrected chi connectivity index (χ1v) is 5.94. The van der Waals surface area contributed by atoms with Crippen LogP contribution >= 0.6 is 0 Å². The van der Waals surface area contributed by atoms with Gasteiger partial charge in [0.25, 0.3) is 0 Å². The van der Waals surface area contributed by atoms with Gasteiger partial charge < -0.3 is 4.74 Å². The van der Waals surface area contributed by atoms with E-state index >= 15 is 0 Å². The highest BCUT2D eigenvalue weighted by molar-refractivity contribution is 5.93. The van der Waals surface area contributed by atoms with Crippen molar-refractivity contribution in [2.75, 3.05) is 0 Å². The molecule has 3 rings (SSSR count). The molecule has 0 amide bonds. The molecule has 0 spiro atoms. The highest BCUT2D eigenvalue weighted by Gasteiger charge is 2.02. The Morgan fingerprint density at radius 3 is 2.61 bits per heavy atom. The van der Waals surface area contributed by atoms with Crippen molar-refractivity contribution in [1.82, 2.24) is 4.98 Å².